The van der Waals surface area contributed by atoms with Crippen LogP contribution in [0.4, 0.5) is 0 Å². The van der Waals surface area contributed by atoms with Gasteiger partial charge < -0.3 is 9.15 Å². The van der Waals surface area contributed by atoms with E-state index in [2.05, 4.69) is 0 Å². The lowest BCUT2D eigenvalue weighted by Crippen LogP contribution is -2.07. The number of hydrogen-bond donors (Lipinski definition) is 0. The molecule has 0 unspecified atom stereocenters. The molecule has 0 aliphatic heterocycles. The zero-order valence-corrected chi connectivity index (χ0v) is 14.3. The fraction of sp³-hybridized carbons (Fsp3) is 0.100. The lowest BCUT2D eigenvalue weighted by atomic mass is 10.0. The van der Waals surface area contributed by atoms with Gasteiger partial charge in [0.05, 0.1) is 0 Å². The van der Waals surface area contributed by atoms with E-state index >= 15 is 0 Å². The number of aryl methyl sites for hydroxylation is 1. The third-order valence-electron chi connectivity index (χ3n) is 4.12. The summed E-state index contributed by atoms with van der Waals surface area (Å²) >= 11 is 1.35. The Kier molecular flexibility index (Phi) is 3.86. The number of rotatable bonds is 3. The van der Waals surface area contributed by atoms with Crippen molar-refractivity contribution in [2.75, 3.05) is 0 Å². The number of fused-ring (bicyclic) bond motifs is 3. The average Bonchev–Trinajstić information content (AvgIpc) is 3.05. The third kappa shape index (κ3) is 2.83. The molecule has 0 saturated heterocycles. The molecule has 4 rings (SSSR count). The quantitative estimate of drug-likeness (QED) is 0.306. The number of carbonyl (C=O) groups is 1. The van der Waals surface area contributed by atoms with E-state index in [0.29, 0.717) is 16.0 Å². The molecule has 0 fully saturated rings. The molecule has 2 heterocycles. The minimum absolute atomic E-state index is 0.0201. The maximum absolute atomic E-state index is 12.3. The Morgan fingerprint density at radius 1 is 1.16 bits per heavy atom. The molecule has 0 spiro atoms. The van der Waals surface area contributed by atoms with Crippen LogP contribution in [0.5, 0.6) is 0 Å². The molecule has 0 aliphatic rings. The topological polar surface area (TPSA) is 56.5 Å². The number of benzene rings is 2. The second-order valence-corrected chi connectivity index (χ2v) is 6.68. The van der Waals surface area contributed by atoms with Crippen molar-refractivity contribution in [3.8, 4) is 0 Å². The van der Waals surface area contributed by atoms with E-state index in [9.17, 15) is 9.59 Å². The molecule has 4 aromatic rings. The summed E-state index contributed by atoms with van der Waals surface area (Å²) in [6.07, 6.45) is 0. The van der Waals surface area contributed by atoms with Crippen LogP contribution in [0.25, 0.3) is 21.7 Å². The molecular weight excluding hydrogens is 336 g/mol. The van der Waals surface area contributed by atoms with Crippen LogP contribution in [0.15, 0.2) is 63.1 Å². The van der Waals surface area contributed by atoms with E-state index in [0.717, 1.165) is 21.7 Å². The van der Waals surface area contributed by atoms with Crippen molar-refractivity contribution < 1.29 is 13.9 Å². The largest absolute Gasteiger partial charge is 0.457 e. The Balaban J connectivity index is 1.78. The van der Waals surface area contributed by atoms with Crippen molar-refractivity contribution in [3.05, 3.63) is 80.3 Å². The van der Waals surface area contributed by atoms with Gasteiger partial charge in [-0.2, -0.15) is 0 Å². The van der Waals surface area contributed by atoms with Crippen LogP contribution in [-0.2, 0) is 11.3 Å². The number of esters is 1. The van der Waals surface area contributed by atoms with E-state index < -0.39 is 5.63 Å². The zero-order valence-electron chi connectivity index (χ0n) is 13.4. The highest BCUT2D eigenvalue weighted by Crippen LogP contribution is 2.28. The Hall–Kier alpha value is -2.92. The van der Waals surface area contributed by atoms with Gasteiger partial charge in [0.15, 0.2) is 0 Å². The minimum Gasteiger partial charge on any atom is -0.457 e. The van der Waals surface area contributed by atoms with Gasteiger partial charge in [-0.15, -0.1) is 11.3 Å². The Labute approximate surface area is 147 Å². The van der Waals surface area contributed by atoms with E-state index in [1.165, 1.54) is 17.4 Å². The molecule has 5 heteroatoms. The Morgan fingerprint density at radius 2 is 2.00 bits per heavy atom. The fourth-order valence-electron chi connectivity index (χ4n) is 2.92. The Morgan fingerprint density at radius 3 is 2.80 bits per heavy atom. The van der Waals surface area contributed by atoms with E-state index in [4.69, 9.17) is 9.15 Å². The molecule has 2 aromatic carbocycles. The molecule has 124 valence electrons. The molecule has 0 bridgehead atoms. The summed E-state index contributed by atoms with van der Waals surface area (Å²) < 4.78 is 10.8. The lowest BCUT2D eigenvalue weighted by Gasteiger charge is -2.09. The maximum Gasteiger partial charge on any atom is 0.348 e. The van der Waals surface area contributed by atoms with E-state index in [-0.39, 0.29) is 12.6 Å². The summed E-state index contributed by atoms with van der Waals surface area (Å²) in [6.45, 7) is 1.89. The predicted molar refractivity (Wildman–Crippen MR) is 98.2 cm³/mol. The van der Waals surface area contributed by atoms with Crippen molar-refractivity contribution in [2.24, 2.45) is 0 Å². The number of thiophene rings is 1. The highest BCUT2D eigenvalue weighted by molar-refractivity contribution is 7.12. The van der Waals surface area contributed by atoms with Crippen molar-refractivity contribution in [3.63, 3.8) is 0 Å². The van der Waals surface area contributed by atoms with Crippen LogP contribution in [-0.4, -0.2) is 5.97 Å². The summed E-state index contributed by atoms with van der Waals surface area (Å²) in [5.41, 5.74) is 1.56. The molecular formula is C20H14O4S. The molecule has 0 radical (unpaired) electrons. The van der Waals surface area contributed by atoms with Crippen LogP contribution in [0, 0.1) is 6.92 Å². The first-order valence-electron chi connectivity index (χ1n) is 7.79. The first kappa shape index (κ1) is 15.6. The third-order valence-corrected chi connectivity index (χ3v) is 5.12. The van der Waals surface area contributed by atoms with Crippen molar-refractivity contribution in [1.82, 2.24) is 0 Å². The monoisotopic (exact) mass is 350 g/mol. The fourth-order valence-corrected chi connectivity index (χ4v) is 3.74. The van der Waals surface area contributed by atoms with Gasteiger partial charge in [0.25, 0.3) is 0 Å². The van der Waals surface area contributed by atoms with Gasteiger partial charge in [0.2, 0.25) is 0 Å². The summed E-state index contributed by atoms with van der Waals surface area (Å²) in [5.74, 6) is -0.380. The van der Waals surface area contributed by atoms with Crippen LogP contribution in [0.2, 0.25) is 0 Å². The van der Waals surface area contributed by atoms with Gasteiger partial charge in [-0.1, -0.05) is 30.3 Å². The molecule has 0 saturated carbocycles. The molecule has 0 amide bonds. The normalized spacial score (nSPS) is 11.1. The molecule has 2 aromatic heterocycles. The summed E-state index contributed by atoms with van der Waals surface area (Å²) in [4.78, 5) is 24.7. The average molecular weight is 350 g/mol. The molecule has 0 atom stereocenters. The summed E-state index contributed by atoms with van der Waals surface area (Å²) in [6, 6.07) is 14.8. The minimum atomic E-state index is -0.457. The number of ether oxygens (including phenoxy) is 1. The van der Waals surface area contributed by atoms with Crippen molar-refractivity contribution in [2.45, 2.75) is 13.5 Å². The maximum atomic E-state index is 12.3. The smallest absolute Gasteiger partial charge is 0.348 e. The van der Waals surface area contributed by atoms with Gasteiger partial charge in [0, 0.05) is 17.0 Å². The standard InChI is InChI=1S/C20H14O4S/c1-12-8-9-25-19(12)20(22)23-11-14-10-17(21)24-16-7-6-13-4-2-3-5-15(13)18(14)16/h2-10H,11H2,1H3. The highest BCUT2D eigenvalue weighted by Gasteiger charge is 2.15. The van der Waals surface area contributed by atoms with E-state index in [1.807, 2.05) is 48.7 Å². The van der Waals surface area contributed by atoms with Gasteiger partial charge >= 0.3 is 11.6 Å². The molecule has 0 N–H and O–H groups in total. The van der Waals surface area contributed by atoms with Gasteiger partial charge in [-0.05, 0) is 40.8 Å². The SMILES string of the molecule is Cc1ccsc1C(=O)OCc1cc(=O)oc2ccc3ccccc3c12. The molecule has 25 heavy (non-hydrogen) atoms. The number of hydrogen-bond acceptors (Lipinski definition) is 5. The lowest BCUT2D eigenvalue weighted by molar-refractivity contribution is 0.0479. The number of carbonyl (C=O) groups excluding carboxylic acids is 1. The van der Waals surface area contributed by atoms with Crippen LogP contribution in [0.1, 0.15) is 20.8 Å². The van der Waals surface area contributed by atoms with Crippen molar-refractivity contribution >= 4 is 39.0 Å². The van der Waals surface area contributed by atoms with Crippen molar-refractivity contribution in [1.29, 1.82) is 0 Å². The van der Waals surface area contributed by atoms with Gasteiger partial charge in [-0.25, -0.2) is 9.59 Å². The molecule has 0 aliphatic carbocycles. The van der Waals surface area contributed by atoms with Gasteiger partial charge in [-0.3, -0.25) is 0 Å². The highest BCUT2D eigenvalue weighted by atomic mass is 32.1. The Bertz CT molecular complexity index is 1150. The van der Waals surface area contributed by atoms with E-state index in [1.54, 1.807) is 6.07 Å². The first-order chi connectivity index (χ1) is 12.1. The van der Waals surface area contributed by atoms with Crippen LogP contribution >= 0.6 is 11.3 Å². The first-order valence-corrected chi connectivity index (χ1v) is 8.67. The second-order valence-electron chi connectivity index (χ2n) is 5.76. The van der Waals surface area contributed by atoms with Crippen LogP contribution in [0.3, 0.4) is 0 Å². The zero-order chi connectivity index (χ0) is 17.4. The van der Waals surface area contributed by atoms with Crippen LogP contribution < -0.4 is 5.63 Å². The summed E-state index contributed by atoms with van der Waals surface area (Å²) in [5, 5.41) is 4.65. The molecule has 4 nitrogen and oxygen atoms in total. The second kappa shape index (κ2) is 6.18. The summed E-state index contributed by atoms with van der Waals surface area (Å²) in [7, 11) is 0. The van der Waals surface area contributed by atoms with Gasteiger partial charge in [0.1, 0.15) is 17.1 Å². The predicted octanol–water partition coefficient (Wildman–Crippen LogP) is 4.67.